The normalized spacial score (nSPS) is 12.5. The van der Waals surface area contributed by atoms with Crippen molar-refractivity contribution in [1.29, 1.82) is 0 Å². The number of H-pyrrole nitrogens is 1. The molecule has 0 aliphatic rings. The van der Waals surface area contributed by atoms with Crippen LogP contribution in [-0.2, 0) is 4.79 Å². The fourth-order valence-electron chi connectivity index (χ4n) is 2.04. The van der Waals surface area contributed by atoms with Crippen LogP contribution in [0.15, 0.2) is 36.7 Å². The minimum Gasteiger partial charge on any atom is -0.345 e. The molecule has 0 aliphatic heterocycles. The fourth-order valence-corrected chi connectivity index (χ4v) is 2.04. The van der Waals surface area contributed by atoms with Gasteiger partial charge in [-0.05, 0) is 37.6 Å². The number of aromatic nitrogens is 2. The van der Waals surface area contributed by atoms with Crippen LogP contribution in [0.2, 0.25) is 0 Å². The standard InChI is InChI=1S/C15H20N4O.2ClH/c1-3-8-15(2,16)14(20)19-12-6-4-11(5-7-12)13-17-9-10-18-13;;/h4-7,9-10H,3,8,16H2,1-2H3,(H,17,18)(H,19,20);2*1H. The molecule has 1 atom stereocenters. The Hall–Kier alpha value is -1.56. The molecule has 7 heteroatoms. The zero-order valence-electron chi connectivity index (χ0n) is 12.6. The van der Waals surface area contributed by atoms with Crippen LogP contribution >= 0.6 is 24.8 Å². The molecule has 1 amide bonds. The number of hydrogen-bond acceptors (Lipinski definition) is 3. The Bertz CT molecular complexity index is 568. The van der Waals surface area contributed by atoms with Crippen LogP contribution < -0.4 is 11.1 Å². The van der Waals surface area contributed by atoms with Gasteiger partial charge in [-0.3, -0.25) is 4.79 Å². The molecule has 1 unspecified atom stereocenters. The molecule has 0 radical (unpaired) electrons. The van der Waals surface area contributed by atoms with Crippen LogP contribution in [0.1, 0.15) is 26.7 Å². The van der Waals surface area contributed by atoms with Crippen molar-refractivity contribution in [1.82, 2.24) is 9.97 Å². The molecule has 2 aromatic rings. The van der Waals surface area contributed by atoms with Gasteiger partial charge >= 0.3 is 0 Å². The smallest absolute Gasteiger partial charge is 0.244 e. The number of nitrogens with two attached hydrogens (primary N) is 1. The number of hydrogen-bond donors (Lipinski definition) is 3. The molecule has 0 fully saturated rings. The van der Waals surface area contributed by atoms with Gasteiger partial charge in [0, 0.05) is 23.6 Å². The number of halogens is 2. The molecule has 0 bridgehead atoms. The van der Waals surface area contributed by atoms with Gasteiger partial charge in [0.2, 0.25) is 5.91 Å². The number of benzene rings is 1. The van der Waals surface area contributed by atoms with Crippen LogP contribution in [0, 0.1) is 0 Å². The Balaban J connectivity index is 0.00000220. The first-order chi connectivity index (χ1) is 9.53. The summed E-state index contributed by atoms with van der Waals surface area (Å²) in [6.45, 7) is 3.76. The van der Waals surface area contributed by atoms with E-state index in [1.54, 1.807) is 19.3 Å². The van der Waals surface area contributed by atoms with E-state index in [1.165, 1.54) is 0 Å². The van der Waals surface area contributed by atoms with Crippen LogP contribution in [0.4, 0.5) is 5.69 Å². The molecule has 1 aromatic heterocycles. The summed E-state index contributed by atoms with van der Waals surface area (Å²) in [5.41, 5.74) is 6.86. The maximum Gasteiger partial charge on any atom is 0.244 e. The Kier molecular flexibility index (Phi) is 8.16. The van der Waals surface area contributed by atoms with E-state index in [4.69, 9.17) is 5.73 Å². The van der Waals surface area contributed by atoms with Crippen molar-refractivity contribution in [3.63, 3.8) is 0 Å². The van der Waals surface area contributed by atoms with Gasteiger partial charge in [-0.25, -0.2) is 4.98 Å². The van der Waals surface area contributed by atoms with E-state index in [9.17, 15) is 4.79 Å². The SMILES string of the molecule is CCCC(C)(N)C(=O)Nc1ccc(-c2ncc[nH]2)cc1.Cl.Cl. The number of amides is 1. The molecule has 5 nitrogen and oxygen atoms in total. The number of carbonyl (C=O) groups excluding carboxylic acids is 1. The van der Waals surface area contributed by atoms with Crippen molar-refractivity contribution >= 4 is 36.4 Å². The van der Waals surface area contributed by atoms with Gasteiger partial charge in [-0.1, -0.05) is 13.3 Å². The summed E-state index contributed by atoms with van der Waals surface area (Å²) in [6, 6.07) is 7.50. The minimum atomic E-state index is -0.839. The summed E-state index contributed by atoms with van der Waals surface area (Å²) in [7, 11) is 0. The number of rotatable bonds is 5. The summed E-state index contributed by atoms with van der Waals surface area (Å²) in [5, 5.41) is 2.84. The van der Waals surface area contributed by atoms with Gasteiger partial charge in [-0.15, -0.1) is 24.8 Å². The van der Waals surface area contributed by atoms with E-state index in [-0.39, 0.29) is 30.7 Å². The largest absolute Gasteiger partial charge is 0.345 e. The van der Waals surface area contributed by atoms with Gasteiger partial charge in [0.25, 0.3) is 0 Å². The van der Waals surface area contributed by atoms with Gasteiger partial charge < -0.3 is 16.0 Å². The molecule has 122 valence electrons. The molecule has 0 saturated carbocycles. The lowest BCUT2D eigenvalue weighted by Crippen LogP contribution is -2.48. The highest BCUT2D eigenvalue weighted by Crippen LogP contribution is 2.19. The van der Waals surface area contributed by atoms with Crippen molar-refractivity contribution in [2.24, 2.45) is 5.73 Å². The second-order valence-corrected chi connectivity index (χ2v) is 5.14. The predicted molar refractivity (Wildman–Crippen MR) is 94.6 cm³/mol. The molecule has 1 heterocycles. The van der Waals surface area contributed by atoms with Crippen molar-refractivity contribution in [3.8, 4) is 11.4 Å². The topological polar surface area (TPSA) is 83.8 Å². The van der Waals surface area contributed by atoms with Crippen LogP contribution in [0.3, 0.4) is 0 Å². The van der Waals surface area contributed by atoms with E-state index < -0.39 is 5.54 Å². The Morgan fingerprint density at radius 1 is 1.32 bits per heavy atom. The molecule has 0 saturated heterocycles. The Labute approximate surface area is 142 Å². The molecular weight excluding hydrogens is 323 g/mol. The second-order valence-electron chi connectivity index (χ2n) is 5.14. The Morgan fingerprint density at radius 3 is 2.45 bits per heavy atom. The maximum absolute atomic E-state index is 12.1. The zero-order chi connectivity index (χ0) is 14.6. The van der Waals surface area contributed by atoms with E-state index in [0.29, 0.717) is 6.42 Å². The molecule has 0 spiro atoms. The number of carbonyl (C=O) groups is 1. The first-order valence-electron chi connectivity index (χ1n) is 6.73. The van der Waals surface area contributed by atoms with E-state index >= 15 is 0 Å². The molecule has 22 heavy (non-hydrogen) atoms. The van der Waals surface area contributed by atoms with Gasteiger partial charge in [0.15, 0.2) is 0 Å². The summed E-state index contributed by atoms with van der Waals surface area (Å²) in [5.74, 6) is 0.641. The van der Waals surface area contributed by atoms with Gasteiger partial charge in [-0.2, -0.15) is 0 Å². The van der Waals surface area contributed by atoms with Crippen LogP contribution in [0.5, 0.6) is 0 Å². The minimum absolute atomic E-state index is 0. The lowest BCUT2D eigenvalue weighted by atomic mass is 9.96. The summed E-state index contributed by atoms with van der Waals surface area (Å²) in [6.07, 6.45) is 5.01. The third kappa shape index (κ3) is 5.02. The zero-order valence-corrected chi connectivity index (χ0v) is 14.3. The highest BCUT2D eigenvalue weighted by molar-refractivity contribution is 5.97. The third-order valence-electron chi connectivity index (χ3n) is 3.20. The molecule has 0 aliphatic carbocycles. The van der Waals surface area contributed by atoms with E-state index in [2.05, 4.69) is 15.3 Å². The number of nitrogens with one attached hydrogen (secondary N) is 2. The van der Waals surface area contributed by atoms with Crippen LogP contribution in [0.25, 0.3) is 11.4 Å². The average molecular weight is 345 g/mol. The first kappa shape index (κ1) is 20.4. The number of anilines is 1. The van der Waals surface area contributed by atoms with E-state index in [1.807, 2.05) is 31.2 Å². The molecule has 4 N–H and O–H groups in total. The first-order valence-corrected chi connectivity index (χ1v) is 6.73. The van der Waals surface area contributed by atoms with Crippen molar-refractivity contribution in [2.75, 3.05) is 5.32 Å². The van der Waals surface area contributed by atoms with Crippen molar-refractivity contribution in [2.45, 2.75) is 32.2 Å². The highest BCUT2D eigenvalue weighted by atomic mass is 35.5. The third-order valence-corrected chi connectivity index (χ3v) is 3.20. The average Bonchev–Trinajstić information content (AvgIpc) is 2.93. The Morgan fingerprint density at radius 2 is 1.95 bits per heavy atom. The monoisotopic (exact) mass is 344 g/mol. The van der Waals surface area contributed by atoms with E-state index in [0.717, 1.165) is 23.5 Å². The highest BCUT2D eigenvalue weighted by Gasteiger charge is 2.27. The summed E-state index contributed by atoms with van der Waals surface area (Å²) in [4.78, 5) is 19.3. The summed E-state index contributed by atoms with van der Waals surface area (Å²) >= 11 is 0. The van der Waals surface area contributed by atoms with Crippen LogP contribution in [-0.4, -0.2) is 21.4 Å². The lowest BCUT2D eigenvalue weighted by Gasteiger charge is -2.22. The van der Waals surface area contributed by atoms with Gasteiger partial charge in [0.1, 0.15) is 5.82 Å². The number of aromatic amines is 1. The number of imidazole rings is 1. The van der Waals surface area contributed by atoms with Crippen molar-refractivity contribution < 1.29 is 4.79 Å². The van der Waals surface area contributed by atoms with Crippen molar-refractivity contribution in [3.05, 3.63) is 36.7 Å². The predicted octanol–water partition coefficient (Wildman–Crippen LogP) is 3.38. The molecule has 1 aromatic carbocycles. The summed E-state index contributed by atoms with van der Waals surface area (Å²) < 4.78 is 0. The second kappa shape index (κ2) is 8.78. The number of nitrogens with zero attached hydrogens (tertiary/aromatic N) is 1. The quantitative estimate of drug-likeness (QED) is 0.777. The van der Waals surface area contributed by atoms with Gasteiger partial charge in [0.05, 0.1) is 5.54 Å². The molecular formula is C15H22Cl2N4O. The fraction of sp³-hybridized carbons (Fsp3) is 0.333. The lowest BCUT2D eigenvalue weighted by molar-refractivity contribution is -0.120. The molecule has 2 rings (SSSR count). The maximum atomic E-state index is 12.1.